The van der Waals surface area contributed by atoms with Crippen LogP contribution in [-0.4, -0.2) is 39.9 Å². The van der Waals surface area contributed by atoms with Crippen molar-refractivity contribution in [1.82, 2.24) is 0 Å². The Kier molecular flexibility index (Phi) is 35.4. The van der Waals surface area contributed by atoms with Gasteiger partial charge in [-0.3, -0.25) is 12.6 Å². The van der Waals surface area contributed by atoms with Gasteiger partial charge in [0.05, 0.1) is 0 Å². The molecule has 0 heterocycles. The van der Waals surface area contributed by atoms with Crippen LogP contribution in [0.25, 0.3) is 0 Å². The van der Waals surface area contributed by atoms with E-state index in [0.717, 1.165) is 0 Å². The summed E-state index contributed by atoms with van der Waals surface area (Å²) in [7, 11) is -13.0. The molecule has 0 aliphatic rings. The minimum atomic E-state index is -4.33. The van der Waals surface area contributed by atoms with Gasteiger partial charge in [-0.25, -0.2) is 0 Å². The Morgan fingerprint density at radius 2 is 0.556 bits per heavy atom. The molecule has 102 valence electrons. The van der Waals surface area contributed by atoms with Crippen LogP contribution in [0.3, 0.4) is 0 Å². The normalized spacial score (nSPS) is 9.67. The molecule has 0 saturated heterocycles. The van der Waals surface area contributed by atoms with E-state index in [0.29, 0.717) is 0 Å². The van der Waals surface area contributed by atoms with Gasteiger partial charge in [0.1, 0.15) is 0 Å². The summed E-state index contributed by atoms with van der Waals surface area (Å²) < 4.78 is 80.0. The fourth-order valence-electron chi connectivity index (χ4n) is 0. The molecule has 18 heavy (non-hydrogen) atoms. The maximum Gasteiger partial charge on any atom is 4.00 e. The van der Waals surface area contributed by atoms with Crippen molar-refractivity contribution in [3.63, 3.8) is 0 Å². The molecule has 0 amide bonds. The third kappa shape index (κ3) is 532. The summed E-state index contributed by atoms with van der Waals surface area (Å²) in [5.41, 5.74) is 0. The van der Waals surface area contributed by atoms with Crippen LogP contribution in [0.4, 0.5) is 0 Å². The van der Waals surface area contributed by atoms with E-state index < -0.39 is 27.2 Å². The fraction of sp³-hybridized carbons (Fsp3) is 0. The van der Waals surface area contributed by atoms with Crippen LogP contribution in [0.1, 0.15) is 0 Å². The number of hydrogen-bond donors (Lipinski definition) is 0. The Morgan fingerprint density at radius 3 is 0.556 bits per heavy atom. The zero-order valence-corrected chi connectivity index (χ0v) is 19.6. The second-order valence-corrected chi connectivity index (χ2v) is 7.35. The van der Waals surface area contributed by atoms with Gasteiger partial charge in [-0.2, -0.15) is 0 Å². The van der Waals surface area contributed by atoms with Gasteiger partial charge in [-0.1, -0.05) is 0 Å². The van der Waals surface area contributed by atoms with Crippen molar-refractivity contribution in [3.05, 3.63) is 0 Å². The molecule has 0 unspecified atom stereocenters. The summed E-state index contributed by atoms with van der Waals surface area (Å²) >= 11 is 9.73. The van der Waals surface area contributed by atoms with Crippen molar-refractivity contribution < 1.29 is 120 Å². The predicted octanol–water partition coefficient (Wildman–Crippen LogP) is -9.01. The Bertz CT molecular complexity index is 350. The molecule has 0 aliphatic heterocycles. The minimum Gasteiger partial charge on any atom is -0.780 e. The first-order chi connectivity index (χ1) is 6.00. The second-order valence-electron chi connectivity index (χ2n) is 1.22. The first-order valence-corrected chi connectivity index (χ1v) is 9.00. The maximum absolute atomic E-state index is 8.89. The van der Waals surface area contributed by atoms with Crippen LogP contribution >= 0.6 is 0 Å². The first-order valence-electron chi connectivity index (χ1n) is 2.00. The molecule has 0 bridgehead atoms. The van der Waals surface area contributed by atoms with Crippen LogP contribution in [-0.2, 0) is 81.8 Å². The molecule has 0 N–H and O–H groups in total. The summed E-state index contributed by atoms with van der Waals surface area (Å²) in [6.07, 6.45) is 0. The van der Waals surface area contributed by atoms with Gasteiger partial charge >= 0.3 is 80.2 Å². The molecule has 0 rings (SSSR count). The average Bonchev–Trinajstić information content (AvgIpc) is 1.41. The van der Waals surface area contributed by atoms with Gasteiger partial charge < -0.3 is 27.3 Å². The van der Waals surface area contributed by atoms with Gasteiger partial charge in [-0.05, 0) is 33.6 Å². The minimum absolute atomic E-state index is 0. The Morgan fingerprint density at radius 1 is 0.556 bits per heavy atom. The summed E-state index contributed by atoms with van der Waals surface area (Å²) in [5.74, 6) is 0. The summed E-state index contributed by atoms with van der Waals surface area (Å²) in [4.78, 5) is 0. The quantitative estimate of drug-likeness (QED) is 0.248. The van der Waals surface area contributed by atoms with Crippen LogP contribution in [0.2, 0.25) is 0 Å². The average molecular weight is 577 g/mol. The van der Waals surface area contributed by atoms with E-state index >= 15 is 0 Å². The summed E-state index contributed by atoms with van der Waals surface area (Å²) in [6, 6.07) is 0. The van der Waals surface area contributed by atoms with Gasteiger partial charge in [0, 0.05) is 0 Å². The van der Waals surface area contributed by atoms with Gasteiger partial charge in [0.2, 0.25) is 0 Å². The molecule has 9 nitrogen and oxygen atoms in total. The zero-order valence-electron chi connectivity index (χ0n) is 8.44. The molecule has 0 atom stereocenters. The number of rotatable bonds is 0. The van der Waals surface area contributed by atoms with Crippen LogP contribution < -0.4 is 59.1 Å². The van der Waals surface area contributed by atoms with Crippen molar-refractivity contribution in [3.8, 4) is 0 Å². The van der Waals surface area contributed by atoms with Crippen molar-refractivity contribution in [1.29, 1.82) is 0 Å². The van der Waals surface area contributed by atoms with Crippen LogP contribution in [0.5, 0.6) is 0 Å². The van der Waals surface area contributed by atoms with E-state index in [1.54, 1.807) is 0 Å². The van der Waals surface area contributed by atoms with E-state index in [4.69, 9.17) is 39.9 Å². The topological polar surface area (TPSA) is 190 Å². The van der Waals surface area contributed by atoms with Crippen molar-refractivity contribution in [2.75, 3.05) is 0 Å². The molecular formula is Na2O9PtS6. The van der Waals surface area contributed by atoms with Crippen molar-refractivity contribution >= 4 is 60.7 Å². The molecule has 0 fully saturated rings. The maximum atomic E-state index is 8.89. The number of hydrogen-bond acceptors (Lipinski definition) is 12. The first kappa shape index (κ1) is 37.6. The largest absolute Gasteiger partial charge is 4.00 e. The predicted molar refractivity (Wildman–Crippen MR) is 51.2 cm³/mol. The van der Waals surface area contributed by atoms with E-state index in [9.17, 15) is 0 Å². The van der Waals surface area contributed by atoms with E-state index in [1.807, 2.05) is 0 Å². The van der Waals surface area contributed by atoms with Crippen LogP contribution in [0.15, 0.2) is 0 Å². The molecule has 0 saturated carbocycles. The SMILES string of the molecule is O=S([O-])([O-])=S.O=S([O-])([O-])=S.O=S([O-])([O-])=S.[Na+].[Na+].[Pt+4]. The molecule has 0 aromatic rings. The molecule has 18 heteroatoms. The zero-order chi connectivity index (χ0) is 13.5. The second kappa shape index (κ2) is 16.9. The van der Waals surface area contributed by atoms with Crippen molar-refractivity contribution in [2.45, 2.75) is 0 Å². The Labute approximate surface area is 177 Å². The molecule has 0 radical (unpaired) electrons. The van der Waals surface area contributed by atoms with Gasteiger partial charge in [-0.15, -0.1) is 27.2 Å². The smallest absolute Gasteiger partial charge is 0.780 e. The van der Waals surface area contributed by atoms with E-state index in [1.165, 1.54) is 0 Å². The molecule has 0 aromatic heterocycles. The summed E-state index contributed by atoms with van der Waals surface area (Å²) in [6.45, 7) is 0. The van der Waals surface area contributed by atoms with Gasteiger partial charge in [0.15, 0.2) is 0 Å². The van der Waals surface area contributed by atoms with E-state index in [-0.39, 0.29) is 80.2 Å². The summed E-state index contributed by atoms with van der Waals surface area (Å²) in [5, 5.41) is 0. The molecular weight excluding hydrogens is 577 g/mol. The molecule has 0 spiro atoms. The monoisotopic (exact) mass is 577 g/mol. The Hall–Kier alpha value is 3.56. The fourth-order valence-corrected chi connectivity index (χ4v) is 0. The third-order valence-corrected chi connectivity index (χ3v) is 0. The standard InChI is InChI=1S/2Na.3H2O3S2.Pt/c;;3*1-5(2,3)4;/h;;3*(H2,1,2,3,4);/q2*+1;;;;+4/p-6. The van der Waals surface area contributed by atoms with Crippen molar-refractivity contribution in [2.24, 2.45) is 0 Å². The molecule has 0 aromatic carbocycles. The Balaban J connectivity index is -0.0000000277. The van der Waals surface area contributed by atoms with Crippen LogP contribution in [0, 0.1) is 0 Å². The third-order valence-electron chi connectivity index (χ3n) is 0. The van der Waals surface area contributed by atoms with Gasteiger partial charge in [0.25, 0.3) is 0 Å². The van der Waals surface area contributed by atoms with E-state index in [2.05, 4.69) is 33.6 Å². The molecule has 0 aliphatic carbocycles.